The number of carbonyl (C=O) groups is 1. The summed E-state index contributed by atoms with van der Waals surface area (Å²) in [5.74, 6) is 0.0420. The Hall–Kier alpha value is -1.77. The number of carboxylic acid groups (broad SMARTS) is 1. The molecule has 1 aromatic carbocycles. The summed E-state index contributed by atoms with van der Waals surface area (Å²) in [6, 6.07) is 8.23. The quantitative estimate of drug-likeness (QED) is 0.896. The molecule has 2 aromatic rings. The second-order valence-electron chi connectivity index (χ2n) is 5.25. The highest BCUT2D eigenvalue weighted by Crippen LogP contribution is 2.46. The number of para-hydroxylation sites is 1. The van der Waals surface area contributed by atoms with Crippen LogP contribution in [0.2, 0.25) is 0 Å². The lowest BCUT2D eigenvalue weighted by Gasteiger charge is -2.12. The number of fused-ring (bicyclic) bond motifs is 1. The standard InChI is InChI=1S/C15H17NO2/c1-16-9-13(11-4-2-3-5-14(11)16)12(8-15(17)18)10-6-7-10/h2-5,9-10,12H,6-8H2,1H3,(H,17,18). The van der Waals surface area contributed by atoms with E-state index in [0.29, 0.717) is 5.92 Å². The van der Waals surface area contributed by atoms with E-state index in [9.17, 15) is 4.79 Å². The number of carboxylic acids is 1. The molecule has 1 aromatic heterocycles. The van der Waals surface area contributed by atoms with Crippen LogP contribution in [0.3, 0.4) is 0 Å². The number of hydrogen-bond acceptors (Lipinski definition) is 1. The van der Waals surface area contributed by atoms with Gasteiger partial charge < -0.3 is 9.67 Å². The summed E-state index contributed by atoms with van der Waals surface area (Å²) in [5.41, 5.74) is 2.39. The number of rotatable bonds is 4. The van der Waals surface area contributed by atoms with E-state index >= 15 is 0 Å². The predicted octanol–water partition coefficient (Wildman–Crippen LogP) is 3.15. The third-order valence-electron chi connectivity index (χ3n) is 3.91. The molecular formula is C15H17NO2. The smallest absolute Gasteiger partial charge is 0.303 e. The van der Waals surface area contributed by atoms with Gasteiger partial charge in [-0.3, -0.25) is 4.79 Å². The fraction of sp³-hybridized carbons (Fsp3) is 0.400. The van der Waals surface area contributed by atoms with Crippen molar-refractivity contribution in [2.75, 3.05) is 0 Å². The van der Waals surface area contributed by atoms with Crippen molar-refractivity contribution >= 4 is 16.9 Å². The fourth-order valence-electron chi connectivity index (χ4n) is 2.89. The van der Waals surface area contributed by atoms with Gasteiger partial charge in [-0.1, -0.05) is 18.2 Å². The molecule has 3 rings (SSSR count). The molecule has 1 unspecified atom stereocenters. The predicted molar refractivity (Wildman–Crippen MR) is 70.6 cm³/mol. The topological polar surface area (TPSA) is 42.2 Å². The van der Waals surface area contributed by atoms with Gasteiger partial charge in [0, 0.05) is 24.1 Å². The molecule has 0 bridgehead atoms. The number of hydrogen-bond donors (Lipinski definition) is 1. The zero-order chi connectivity index (χ0) is 12.7. The van der Waals surface area contributed by atoms with E-state index < -0.39 is 5.97 Å². The van der Waals surface area contributed by atoms with Crippen molar-refractivity contribution in [3.8, 4) is 0 Å². The summed E-state index contributed by atoms with van der Waals surface area (Å²) in [6.07, 6.45) is 4.69. The average Bonchev–Trinajstić information content (AvgIpc) is 3.12. The fourth-order valence-corrected chi connectivity index (χ4v) is 2.89. The molecule has 0 amide bonds. The van der Waals surface area contributed by atoms with E-state index in [-0.39, 0.29) is 12.3 Å². The highest BCUT2D eigenvalue weighted by molar-refractivity contribution is 5.85. The van der Waals surface area contributed by atoms with E-state index in [2.05, 4.69) is 22.9 Å². The number of aromatic nitrogens is 1. The molecule has 1 aliphatic carbocycles. The maximum Gasteiger partial charge on any atom is 0.303 e. The summed E-state index contributed by atoms with van der Waals surface area (Å²) in [4.78, 5) is 11.1. The van der Waals surface area contributed by atoms with Crippen LogP contribution in [0.25, 0.3) is 10.9 Å². The van der Waals surface area contributed by atoms with Crippen molar-refractivity contribution in [2.45, 2.75) is 25.2 Å². The first-order valence-corrected chi connectivity index (χ1v) is 6.42. The second-order valence-corrected chi connectivity index (χ2v) is 5.25. The van der Waals surface area contributed by atoms with Gasteiger partial charge in [0.2, 0.25) is 0 Å². The SMILES string of the molecule is Cn1cc(C(CC(=O)O)C2CC2)c2ccccc21. The highest BCUT2D eigenvalue weighted by atomic mass is 16.4. The molecule has 18 heavy (non-hydrogen) atoms. The Morgan fingerprint density at radius 1 is 1.44 bits per heavy atom. The van der Waals surface area contributed by atoms with Crippen molar-refractivity contribution in [3.63, 3.8) is 0 Å². The lowest BCUT2D eigenvalue weighted by molar-refractivity contribution is -0.137. The third-order valence-corrected chi connectivity index (χ3v) is 3.91. The van der Waals surface area contributed by atoms with Crippen LogP contribution in [-0.4, -0.2) is 15.6 Å². The van der Waals surface area contributed by atoms with E-state index in [1.165, 1.54) is 29.3 Å². The van der Waals surface area contributed by atoms with Gasteiger partial charge in [0.05, 0.1) is 6.42 Å². The Balaban J connectivity index is 2.08. The maximum absolute atomic E-state index is 11.1. The molecule has 1 heterocycles. The van der Waals surface area contributed by atoms with Crippen LogP contribution in [-0.2, 0) is 11.8 Å². The van der Waals surface area contributed by atoms with Gasteiger partial charge in [-0.2, -0.15) is 0 Å². The van der Waals surface area contributed by atoms with Crippen LogP contribution in [0.1, 0.15) is 30.7 Å². The summed E-state index contributed by atoms with van der Waals surface area (Å²) in [6.45, 7) is 0. The minimum atomic E-state index is -0.695. The molecule has 0 spiro atoms. The van der Waals surface area contributed by atoms with Crippen LogP contribution in [0.15, 0.2) is 30.5 Å². The Bertz CT molecular complexity index is 596. The van der Waals surface area contributed by atoms with Gasteiger partial charge in [-0.05, 0) is 36.3 Å². The molecule has 94 valence electrons. The van der Waals surface area contributed by atoms with Crippen LogP contribution >= 0.6 is 0 Å². The Kier molecular flexibility index (Phi) is 2.62. The minimum Gasteiger partial charge on any atom is -0.481 e. The van der Waals surface area contributed by atoms with E-state index in [1.54, 1.807) is 0 Å². The van der Waals surface area contributed by atoms with Crippen LogP contribution < -0.4 is 0 Å². The minimum absolute atomic E-state index is 0.175. The Morgan fingerprint density at radius 2 is 2.17 bits per heavy atom. The first-order valence-electron chi connectivity index (χ1n) is 6.42. The van der Waals surface area contributed by atoms with Gasteiger partial charge in [-0.15, -0.1) is 0 Å². The van der Waals surface area contributed by atoms with Crippen LogP contribution in [0.4, 0.5) is 0 Å². The Labute approximate surface area is 106 Å². The zero-order valence-corrected chi connectivity index (χ0v) is 10.5. The average molecular weight is 243 g/mol. The molecule has 1 aliphatic rings. The molecule has 3 heteroatoms. The van der Waals surface area contributed by atoms with Crippen molar-refractivity contribution in [3.05, 3.63) is 36.0 Å². The molecule has 0 aliphatic heterocycles. The van der Waals surface area contributed by atoms with E-state index in [4.69, 9.17) is 5.11 Å². The molecule has 0 saturated heterocycles. The van der Waals surface area contributed by atoms with Crippen LogP contribution in [0, 0.1) is 5.92 Å². The summed E-state index contributed by atoms with van der Waals surface area (Å²) in [5, 5.41) is 10.3. The number of aryl methyl sites for hydroxylation is 1. The molecule has 1 fully saturated rings. The molecular weight excluding hydrogens is 226 g/mol. The van der Waals surface area contributed by atoms with Gasteiger partial charge in [0.15, 0.2) is 0 Å². The lowest BCUT2D eigenvalue weighted by Crippen LogP contribution is -2.08. The highest BCUT2D eigenvalue weighted by Gasteiger charge is 2.35. The summed E-state index contributed by atoms with van der Waals surface area (Å²) < 4.78 is 2.10. The van der Waals surface area contributed by atoms with Gasteiger partial charge >= 0.3 is 5.97 Å². The molecule has 1 N–H and O–H groups in total. The summed E-state index contributed by atoms with van der Waals surface area (Å²) in [7, 11) is 2.02. The van der Waals surface area contributed by atoms with Gasteiger partial charge in [-0.25, -0.2) is 0 Å². The van der Waals surface area contributed by atoms with Crippen molar-refractivity contribution < 1.29 is 9.90 Å². The molecule has 0 radical (unpaired) electrons. The summed E-state index contributed by atoms with van der Waals surface area (Å²) >= 11 is 0. The van der Waals surface area contributed by atoms with Gasteiger partial charge in [0.25, 0.3) is 0 Å². The Morgan fingerprint density at radius 3 is 2.83 bits per heavy atom. The van der Waals surface area contributed by atoms with E-state index in [0.717, 1.165) is 0 Å². The largest absolute Gasteiger partial charge is 0.481 e. The lowest BCUT2D eigenvalue weighted by atomic mass is 9.91. The second kappa shape index (κ2) is 4.16. The van der Waals surface area contributed by atoms with Crippen molar-refractivity contribution in [1.82, 2.24) is 4.57 Å². The first-order chi connectivity index (χ1) is 8.66. The normalized spacial score (nSPS) is 16.9. The first kappa shape index (κ1) is 11.3. The molecule has 1 saturated carbocycles. The maximum atomic E-state index is 11.1. The van der Waals surface area contributed by atoms with E-state index in [1.807, 2.05) is 19.2 Å². The third kappa shape index (κ3) is 1.90. The van der Waals surface area contributed by atoms with Gasteiger partial charge in [0.1, 0.15) is 0 Å². The van der Waals surface area contributed by atoms with Crippen molar-refractivity contribution in [2.24, 2.45) is 13.0 Å². The number of nitrogens with zero attached hydrogens (tertiary/aromatic N) is 1. The monoisotopic (exact) mass is 243 g/mol. The van der Waals surface area contributed by atoms with Crippen molar-refractivity contribution in [1.29, 1.82) is 0 Å². The molecule has 1 atom stereocenters. The van der Waals surface area contributed by atoms with Crippen LogP contribution in [0.5, 0.6) is 0 Å². The number of aliphatic carboxylic acids is 1. The molecule has 3 nitrogen and oxygen atoms in total. The number of benzene rings is 1. The zero-order valence-electron chi connectivity index (χ0n) is 10.5.